The number of rotatable bonds is 3. The lowest BCUT2D eigenvalue weighted by molar-refractivity contribution is 0.222. The van der Waals surface area contributed by atoms with Gasteiger partial charge < -0.3 is 5.73 Å². The van der Waals surface area contributed by atoms with Gasteiger partial charge in [0.2, 0.25) is 0 Å². The molecule has 2 rings (SSSR count). The molecule has 84 valence electrons. The van der Waals surface area contributed by atoms with E-state index in [4.69, 9.17) is 5.73 Å². The van der Waals surface area contributed by atoms with E-state index >= 15 is 0 Å². The Morgan fingerprint density at radius 2 is 2.07 bits per heavy atom. The van der Waals surface area contributed by atoms with Crippen LogP contribution in [0.2, 0.25) is 0 Å². The van der Waals surface area contributed by atoms with Crippen molar-refractivity contribution in [1.29, 1.82) is 0 Å². The zero-order valence-electron chi connectivity index (χ0n) is 8.95. The predicted molar refractivity (Wildman–Crippen MR) is 69.2 cm³/mol. The molecule has 1 aromatic rings. The largest absolute Gasteiger partial charge is 0.326 e. The van der Waals surface area contributed by atoms with Gasteiger partial charge in [0.1, 0.15) is 0 Å². The van der Waals surface area contributed by atoms with Crippen molar-refractivity contribution in [3.05, 3.63) is 20.8 Å². The van der Waals surface area contributed by atoms with Gasteiger partial charge in [0.15, 0.2) is 0 Å². The zero-order chi connectivity index (χ0) is 10.8. The Morgan fingerprint density at radius 1 is 1.40 bits per heavy atom. The highest BCUT2D eigenvalue weighted by molar-refractivity contribution is 9.11. The first-order chi connectivity index (χ1) is 7.18. The Labute approximate surface area is 104 Å². The van der Waals surface area contributed by atoms with Gasteiger partial charge in [0, 0.05) is 10.9 Å². The lowest BCUT2D eigenvalue weighted by atomic mass is 10.1. The maximum atomic E-state index is 6.11. The second kappa shape index (κ2) is 4.95. The molecule has 1 aliphatic rings. The average molecular weight is 289 g/mol. The number of nitrogens with zero attached hydrogens (tertiary/aromatic N) is 1. The number of hydrogen-bond donors (Lipinski definition) is 1. The molecule has 2 atom stereocenters. The van der Waals surface area contributed by atoms with Crippen molar-refractivity contribution in [3.8, 4) is 0 Å². The van der Waals surface area contributed by atoms with Crippen LogP contribution in [-0.2, 0) is 0 Å². The highest BCUT2D eigenvalue weighted by Gasteiger charge is 2.27. The van der Waals surface area contributed by atoms with Crippen LogP contribution in [0.1, 0.15) is 30.7 Å². The molecule has 0 aliphatic carbocycles. The molecule has 1 aromatic heterocycles. The van der Waals surface area contributed by atoms with Gasteiger partial charge in [-0.1, -0.05) is 0 Å². The monoisotopic (exact) mass is 288 g/mol. The Kier molecular flexibility index (Phi) is 3.83. The van der Waals surface area contributed by atoms with Crippen LogP contribution in [0.4, 0.5) is 0 Å². The SMILES string of the molecule is CC(N)C(c1ccc(Br)s1)N1CCCC1. The fraction of sp³-hybridized carbons (Fsp3) is 0.636. The molecule has 1 saturated heterocycles. The summed E-state index contributed by atoms with van der Waals surface area (Å²) in [6, 6.07) is 4.92. The quantitative estimate of drug-likeness (QED) is 0.927. The molecular weight excluding hydrogens is 272 g/mol. The molecule has 2 nitrogen and oxygen atoms in total. The molecule has 2 unspecified atom stereocenters. The second-order valence-electron chi connectivity index (χ2n) is 4.19. The summed E-state index contributed by atoms with van der Waals surface area (Å²) in [6.45, 7) is 4.50. The van der Waals surface area contributed by atoms with E-state index in [1.165, 1.54) is 34.6 Å². The van der Waals surface area contributed by atoms with Gasteiger partial charge in [-0.15, -0.1) is 11.3 Å². The maximum absolute atomic E-state index is 6.11. The summed E-state index contributed by atoms with van der Waals surface area (Å²) in [5.74, 6) is 0. The summed E-state index contributed by atoms with van der Waals surface area (Å²) < 4.78 is 1.20. The molecular formula is C11H17BrN2S. The predicted octanol–water partition coefficient (Wildman–Crippen LogP) is 2.99. The van der Waals surface area contributed by atoms with Crippen molar-refractivity contribution in [2.75, 3.05) is 13.1 Å². The van der Waals surface area contributed by atoms with Gasteiger partial charge in [-0.05, 0) is 60.9 Å². The Morgan fingerprint density at radius 3 is 2.53 bits per heavy atom. The van der Waals surface area contributed by atoms with Gasteiger partial charge in [-0.25, -0.2) is 0 Å². The van der Waals surface area contributed by atoms with E-state index in [-0.39, 0.29) is 6.04 Å². The van der Waals surface area contributed by atoms with Gasteiger partial charge in [-0.3, -0.25) is 4.90 Å². The van der Waals surface area contributed by atoms with E-state index in [0.717, 1.165) is 0 Å². The minimum Gasteiger partial charge on any atom is -0.326 e. The Bertz CT molecular complexity index is 318. The standard InChI is InChI=1S/C11H17BrN2S/c1-8(13)11(14-6-2-3-7-14)9-4-5-10(12)15-9/h4-5,8,11H,2-3,6-7,13H2,1H3. The third kappa shape index (κ3) is 2.61. The molecule has 0 radical (unpaired) electrons. The van der Waals surface area contributed by atoms with E-state index in [1.54, 1.807) is 11.3 Å². The highest BCUT2D eigenvalue weighted by atomic mass is 79.9. The van der Waals surface area contributed by atoms with Crippen LogP contribution in [0, 0.1) is 0 Å². The van der Waals surface area contributed by atoms with E-state index in [2.05, 4.69) is 39.9 Å². The first kappa shape index (κ1) is 11.6. The third-order valence-corrected chi connectivity index (χ3v) is 4.61. The Balaban J connectivity index is 2.18. The van der Waals surface area contributed by atoms with Crippen LogP contribution in [-0.4, -0.2) is 24.0 Å². The molecule has 2 N–H and O–H groups in total. The summed E-state index contributed by atoms with van der Waals surface area (Å²) >= 11 is 5.32. The first-order valence-corrected chi connectivity index (χ1v) is 7.04. The molecule has 2 heterocycles. The van der Waals surface area contributed by atoms with Crippen LogP contribution < -0.4 is 5.73 Å². The number of halogens is 1. The topological polar surface area (TPSA) is 29.3 Å². The van der Waals surface area contributed by atoms with Gasteiger partial charge >= 0.3 is 0 Å². The fourth-order valence-corrected chi connectivity index (χ4v) is 3.95. The summed E-state index contributed by atoms with van der Waals surface area (Å²) in [5, 5.41) is 0. The zero-order valence-corrected chi connectivity index (χ0v) is 11.4. The minimum atomic E-state index is 0.202. The highest BCUT2D eigenvalue weighted by Crippen LogP contribution is 2.34. The normalized spacial score (nSPS) is 21.8. The molecule has 0 saturated carbocycles. The molecule has 1 aliphatic heterocycles. The van der Waals surface area contributed by atoms with E-state index < -0.39 is 0 Å². The van der Waals surface area contributed by atoms with E-state index in [9.17, 15) is 0 Å². The van der Waals surface area contributed by atoms with Crippen molar-refractivity contribution < 1.29 is 0 Å². The number of nitrogens with two attached hydrogens (primary N) is 1. The fourth-order valence-electron chi connectivity index (χ4n) is 2.28. The molecule has 15 heavy (non-hydrogen) atoms. The van der Waals surface area contributed by atoms with Crippen molar-refractivity contribution in [2.24, 2.45) is 5.73 Å². The lowest BCUT2D eigenvalue weighted by Crippen LogP contribution is -2.37. The minimum absolute atomic E-state index is 0.202. The van der Waals surface area contributed by atoms with Crippen LogP contribution in [0.25, 0.3) is 0 Å². The van der Waals surface area contributed by atoms with E-state index in [0.29, 0.717) is 6.04 Å². The Hall–Kier alpha value is 0.1000. The van der Waals surface area contributed by atoms with Gasteiger partial charge in [0.05, 0.1) is 9.83 Å². The van der Waals surface area contributed by atoms with Crippen molar-refractivity contribution >= 4 is 27.3 Å². The molecule has 4 heteroatoms. The van der Waals surface area contributed by atoms with Crippen molar-refractivity contribution in [2.45, 2.75) is 31.8 Å². The van der Waals surface area contributed by atoms with E-state index in [1.807, 2.05) is 0 Å². The molecule has 0 amide bonds. The van der Waals surface area contributed by atoms with Crippen molar-refractivity contribution in [3.63, 3.8) is 0 Å². The second-order valence-corrected chi connectivity index (χ2v) is 6.68. The first-order valence-electron chi connectivity index (χ1n) is 5.43. The third-order valence-electron chi connectivity index (χ3n) is 2.92. The van der Waals surface area contributed by atoms with Crippen LogP contribution in [0.5, 0.6) is 0 Å². The summed E-state index contributed by atoms with van der Waals surface area (Å²) in [4.78, 5) is 3.90. The number of likely N-dealkylation sites (tertiary alicyclic amines) is 1. The van der Waals surface area contributed by atoms with Crippen LogP contribution in [0.15, 0.2) is 15.9 Å². The molecule has 0 aromatic carbocycles. The summed E-state index contributed by atoms with van der Waals surface area (Å²) in [6.07, 6.45) is 2.63. The summed E-state index contributed by atoms with van der Waals surface area (Å²) in [7, 11) is 0. The molecule has 0 bridgehead atoms. The smallest absolute Gasteiger partial charge is 0.0702 e. The van der Waals surface area contributed by atoms with Crippen molar-refractivity contribution in [1.82, 2.24) is 4.90 Å². The van der Waals surface area contributed by atoms with Crippen LogP contribution in [0.3, 0.4) is 0 Å². The summed E-state index contributed by atoms with van der Waals surface area (Å²) in [5.41, 5.74) is 6.11. The average Bonchev–Trinajstić information content (AvgIpc) is 2.77. The van der Waals surface area contributed by atoms with Gasteiger partial charge in [0.25, 0.3) is 0 Å². The molecule has 1 fully saturated rings. The van der Waals surface area contributed by atoms with Gasteiger partial charge in [-0.2, -0.15) is 0 Å². The number of thiophene rings is 1. The lowest BCUT2D eigenvalue weighted by Gasteiger charge is -2.29. The van der Waals surface area contributed by atoms with Crippen LogP contribution >= 0.6 is 27.3 Å². The maximum Gasteiger partial charge on any atom is 0.0702 e. The molecule has 0 spiro atoms. The number of hydrogen-bond acceptors (Lipinski definition) is 3.